The molecule has 10 heavy (non-hydrogen) atoms. The molecule has 2 N–H and O–H groups in total. The first-order valence-electron chi connectivity index (χ1n) is 3.11. The van der Waals surface area contributed by atoms with Gasteiger partial charge in [-0.2, -0.15) is 0 Å². The highest BCUT2D eigenvalue weighted by Crippen LogP contribution is 2.34. The number of hydrogen-bond acceptors (Lipinski definition) is 2. The van der Waals surface area contributed by atoms with Crippen LogP contribution in [0.2, 0.25) is 0 Å². The first kappa shape index (κ1) is 7.97. The van der Waals surface area contributed by atoms with E-state index in [1.54, 1.807) is 0 Å². The molecule has 4 nitrogen and oxygen atoms in total. The number of sulfonamides is 1. The Morgan fingerprint density at radius 3 is 2.20 bits per heavy atom. The van der Waals surface area contributed by atoms with E-state index in [0.29, 0.717) is 0 Å². The third kappa shape index (κ3) is 1.93. The summed E-state index contributed by atoms with van der Waals surface area (Å²) in [6.45, 7) is 0.153. The van der Waals surface area contributed by atoms with Gasteiger partial charge in [-0.25, -0.2) is 13.1 Å². The van der Waals surface area contributed by atoms with Crippen molar-refractivity contribution in [1.82, 2.24) is 10.5 Å². The van der Waals surface area contributed by atoms with Crippen LogP contribution in [0, 0.1) is 0 Å². The standard InChI is InChI=1S/C5H11N2O2S/c1-10(8,9)7-5(4-6)2-3-5/h6-7H,2-4H2,1H3. The molecule has 1 fully saturated rings. The van der Waals surface area contributed by atoms with Crippen molar-refractivity contribution < 1.29 is 8.42 Å². The van der Waals surface area contributed by atoms with Crippen LogP contribution in [0.1, 0.15) is 12.8 Å². The molecule has 0 heterocycles. The topological polar surface area (TPSA) is 70.0 Å². The van der Waals surface area contributed by atoms with Crippen LogP contribution < -0.4 is 10.5 Å². The molecule has 59 valence electrons. The lowest BCUT2D eigenvalue weighted by molar-refractivity contribution is 0.547. The average Bonchev–Trinajstić information content (AvgIpc) is 2.45. The molecule has 0 saturated heterocycles. The number of hydrogen-bond donors (Lipinski definition) is 1. The Hall–Kier alpha value is -0.130. The zero-order chi connectivity index (χ0) is 7.83. The predicted octanol–water partition coefficient (Wildman–Crippen LogP) is -0.649. The smallest absolute Gasteiger partial charge is 0.209 e. The molecule has 0 aromatic carbocycles. The van der Waals surface area contributed by atoms with Crippen LogP contribution in [0.15, 0.2) is 0 Å². The Morgan fingerprint density at radius 1 is 1.60 bits per heavy atom. The highest BCUT2D eigenvalue weighted by Gasteiger charge is 2.43. The van der Waals surface area contributed by atoms with Gasteiger partial charge < -0.3 is 0 Å². The third-order valence-electron chi connectivity index (χ3n) is 1.59. The van der Waals surface area contributed by atoms with Gasteiger partial charge in [-0.05, 0) is 12.8 Å². The Kier molecular flexibility index (Phi) is 1.74. The van der Waals surface area contributed by atoms with Crippen LogP contribution in [0.5, 0.6) is 0 Å². The van der Waals surface area contributed by atoms with Crippen molar-refractivity contribution in [2.45, 2.75) is 18.4 Å². The van der Waals surface area contributed by atoms with E-state index in [-0.39, 0.29) is 6.54 Å². The van der Waals surface area contributed by atoms with E-state index in [1.807, 2.05) is 0 Å². The number of nitrogens with one attached hydrogen (secondary N) is 2. The maximum absolute atomic E-state index is 10.7. The van der Waals surface area contributed by atoms with Gasteiger partial charge in [0, 0.05) is 12.1 Å². The molecule has 0 aromatic rings. The molecule has 1 aliphatic rings. The molecular weight excluding hydrogens is 152 g/mol. The fourth-order valence-electron chi connectivity index (χ4n) is 0.859. The van der Waals surface area contributed by atoms with E-state index in [9.17, 15) is 8.42 Å². The normalized spacial score (nSPS) is 22.6. The second-order valence-electron chi connectivity index (χ2n) is 2.83. The van der Waals surface area contributed by atoms with Gasteiger partial charge in [-0.15, -0.1) is 0 Å². The first-order valence-corrected chi connectivity index (χ1v) is 5.00. The molecule has 5 heteroatoms. The quantitative estimate of drug-likeness (QED) is 0.600. The van der Waals surface area contributed by atoms with Crippen LogP contribution in [0.25, 0.3) is 0 Å². The second kappa shape index (κ2) is 2.18. The average molecular weight is 163 g/mol. The summed E-state index contributed by atoms with van der Waals surface area (Å²) in [7, 11) is -3.10. The summed E-state index contributed by atoms with van der Waals surface area (Å²) in [6.07, 6.45) is 2.75. The fourth-order valence-corrected chi connectivity index (χ4v) is 1.92. The largest absolute Gasteiger partial charge is 0.256 e. The molecule has 0 aromatic heterocycles. The predicted molar refractivity (Wildman–Crippen MR) is 37.9 cm³/mol. The van der Waals surface area contributed by atoms with Crippen molar-refractivity contribution in [2.75, 3.05) is 12.8 Å². The van der Waals surface area contributed by atoms with Crippen LogP contribution in [0.4, 0.5) is 0 Å². The summed E-state index contributed by atoms with van der Waals surface area (Å²) < 4.78 is 23.7. The molecule has 1 radical (unpaired) electrons. The van der Waals surface area contributed by atoms with Gasteiger partial charge in [0.25, 0.3) is 0 Å². The van der Waals surface area contributed by atoms with E-state index in [2.05, 4.69) is 4.72 Å². The SMILES string of the molecule is CS(=O)(=O)NC1(C[NH])CC1. The molecule has 1 saturated carbocycles. The number of rotatable bonds is 3. The van der Waals surface area contributed by atoms with Gasteiger partial charge in [-0.1, -0.05) is 0 Å². The Balaban J connectivity index is 2.54. The Labute approximate surface area is 60.8 Å². The van der Waals surface area contributed by atoms with Crippen molar-refractivity contribution in [2.24, 2.45) is 0 Å². The van der Waals surface area contributed by atoms with Crippen molar-refractivity contribution in [3.63, 3.8) is 0 Å². The van der Waals surface area contributed by atoms with Crippen LogP contribution in [0.3, 0.4) is 0 Å². The third-order valence-corrected chi connectivity index (χ3v) is 2.40. The summed E-state index contributed by atoms with van der Waals surface area (Å²) in [5, 5.41) is 0. The van der Waals surface area contributed by atoms with E-state index < -0.39 is 15.6 Å². The molecule has 0 amide bonds. The highest BCUT2D eigenvalue weighted by molar-refractivity contribution is 7.88. The van der Waals surface area contributed by atoms with Crippen molar-refractivity contribution in [3.8, 4) is 0 Å². The summed E-state index contributed by atoms with van der Waals surface area (Å²) in [6, 6.07) is 0. The van der Waals surface area contributed by atoms with Crippen LogP contribution in [-0.2, 0) is 10.0 Å². The second-order valence-corrected chi connectivity index (χ2v) is 4.58. The minimum absolute atomic E-state index is 0.153. The van der Waals surface area contributed by atoms with Gasteiger partial charge in [0.1, 0.15) is 0 Å². The van der Waals surface area contributed by atoms with Gasteiger partial charge in [0.05, 0.1) is 6.26 Å². The van der Waals surface area contributed by atoms with Gasteiger partial charge >= 0.3 is 0 Å². The van der Waals surface area contributed by atoms with Gasteiger partial charge in [0.15, 0.2) is 0 Å². The molecule has 0 aliphatic heterocycles. The highest BCUT2D eigenvalue weighted by atomic mass is 32.2. The molecule has 1 rings (SSSR count). The zero-order valence-electron chi connectivity index (χ0n) is 5.85. The molecule has 0 bridgehead atoms. The lowest BCUT2D eigenvalue weighted by atomic mass is 10.3. The van der Waals surface area contributed by atoms with Crippen molar-refractivity contribution in [1.29, 1.82) is 0 Å². The molecule has 0 spiro atoms. The lowest BCUT2D eigenvalue weighted by Gasteiger charge is -2.10. The minimum atomic E-state index is -3.10. The summed E-state index contributed by atoms with van der Waals surface area (Å²) in [5.74, 6) is 0. The zero-order valence-corrected chi connectivity index (χ0v) is 6.66. The fraction of sp³-hybridized carbons (Fsp3) is 1.00. The van der Waals surface area contributed by atoms with Crippen molar-refractivity contribution >= 4 is 10.0 Å². The summed E-state index contributed by atoms with van der Waals surface area (Å²) in [4.78, 5) is 0. The maximum Gasteiger partial charge on any atom is 0.209 e. The van der Waals surface area contributed by atoms with E-state index in [1.165, 1.54) is 0 Å². The minimum Gasteiger partial charge on any atom is -0.256 e. The molecular formula is C5H11N2O2S. The molecule has 1 aliphatic carbocycles. The van der Waals surface area contributed by atoms with E-state index in [4.69, 9.17) is 5.73 Å². The van der Waals surface area contributed by atoms with Gasteiger partial charge in [0.2, 0.25) is 10.0 Å². The maximum atomic E-state index is 10.7. The summed E-state index contributed by atoms with van der Waals surface area (Å²) >= 11 is 0. The Morgan fingerprint density at radius 2 is 2.10 bits per heavy atom. The Bertz CT molecular complexity index is 218. The van der Waals surface area contributed by atoms with Crippen LogP contribution >= 0.6 is 0 Å². The lowest BCUT2D eigenvalue weighted by Crippen LogP contribution is -2.39. The van der Waals surface area contributed by atoms with E-state index in [0.717, 1.165) is 19.1 Å². The van der Waals surface area contributed by atoms with Gasteiger partial charge in [-0.3, -0.25) is 5.73 Å². The van der Waals surface area contributed by atoms with Crippen molar-refractivity contribution in [3.05, 3.63) is 0 Å². The molecule has 0 atom stereocenters. The van der Waals surface area contributed by atoms with Crippen LogP contribution in [-0.4, -0.2) is 26.8 Å². The molecule has 0 unspecified atom stereocenters. The monoisotopic (exact) mass is 163 g/mol. The summed E-state index contributed by atoms with van der Waals surface area (Å²) in [5.41, 5.74) is 6.63. The first-order chi connectivity index (χ1) is 4.47. The van der Waals surface area contributed by atoms with E-state index >= 15 is 0 Å².